The van der Waals surface area contributed by atoms with Crippen LogP contribution >= 0.6 is 0 Å². The highest BCUT2D eigenvalue weighted by atomic mass is 32.2. The molecule has 1 N–H and O–H groups in total. The van der Waals surface area contributed by atoms with Crippen LogP contribution in [0.3, 0.4) is 0 Å². The van der Waals surface area contributed by atoms with Gasteiger partial charge in [-0.1, -0.05) is 44.2 Å². The minimum absolute atomic E-state index is 0.215. The summed E-state index contributed by atoms with van der Waals surface area (Å²) < 4.78 is 29.3. The van der Waals surface area contributed by atoms with Crippen LogP contribution in [0.15, 0.2) is 46.5 Å². The van der Waals surface area contributed by atoms with Crippen molar-refractivity contribution in [2.75, 3.05) is 13.1 Å². The van der Waals surface area contributed by atoms with E-state index in [1.54, 1.807) is 0 Å². The zero-order valence-electron chi connectivity index (χ0n) is 14.2. The Morgan fingerprint density at radius 2 is 1.92 bits per heavy atom. The van der Waals surface area contributed by atoms with Crippen molar-refractivity contribution in [1.82, 2.24) is 9.62 Å². The lowest BCUT2D eigenvalue weighted by atomic mass is 10.1. The maximum atomic E-state index is 12.3. The van der Waals surface area contributed by atoms with E-state index in [0.29, 0.717) is 24.5 Å². The molecule has 0 saturated heterocycles. The number of nitrogens with one attached hydrogen (secondary N) is 1. The molecule has 6 nitrogen and oxygen atoms in total. The van der Waals surface area contributed by atoms with Crippen LogP contribution in [0, 0.1) is 5.92 Å². The van der Waals surface area contributed by atoms with Crippen molar-refractivity contribution < 1.29 is 13.2 Å². The number of hydrogen-bond donors (Lipinski definition) is 1. The van der Waals surface area contributed by atoms with E-state index in [9.17, 15) is 13.2 Å². The summed E-state index contributed by atoms with van der Waals surface area (Å²) in [5.74, 6) is 0.0119. The Bertz CT molecular complexity index is 753. The van der Waals surface area contributed by atoms with E-state index in [2.05, 4.69) is 9.71 Å². The number of carbonyl (C=O) groups is 1. The third kappa shape index (κ3) is 4.67. The highest BCUT2D eigenvalue weighted by molar-refractivity contribution is 7.88. The van der Waals surface area contributed by atoms with Gasteiger partial charge in [-0.05, 0) is 24.8 Å². The topological polar surface area (TPSA) is 78.8 Å². The molecular formula is C17H23N3O3S. The van der Waals surface area contributed by atoms with E-state index >= 15 is 0 Å². The fraction of sp³-hybridized carbons (Fsp3) is 0.412. The summed E-state index contributed by atoms with van der Waals surface area (Å²) in [6, 6.07) is 9.59. The number of amides is 1. The van der Waals surface area contributed by atoms with Crippen LogP contribution in [0.5, 0.6) is 0 Å². The Labute approximate surface area is 143 Å². The van der Waals surface area contributed by atoms with Crippen LogP contribution in [0.4, 0.5) is 0 Å². The van der Waals surface area contributed by atoms with Gasteiger partial charge in [0.15, 0.2) is 0 Å². The third-order valence-electron chi connectivity index (χ3n) is 3.59. The first-order valence-electron chi connectivity index (χ1n) is 7.92. The lowest BCUT2D eigenvalue weighted by molar-refractivity contribution is -0.117. The normalized spacial score (nSPS) is 16.6. The Morgan fingerprint density at radius 1 is 1.25 bits per heavy atom. The van der Waals surface area contributed by atoms with Crippen molar-refractivity contribution in [3.8, 4) is 0 Å². The fourth-order valence-electron chi connectivity index (χ4n) is 2.26. The summed E-state index contributed by atoms with van der Waals surface area (Å²) >= 11 is 0. The summed E-state index contributed by atoms with van der Waals surface area (Å²) in [5.41, 5.74) is 1.53. The van der Waals surface area contributed by atoms with Crippen molar-refractivity contribution in [2.45, 2.75) is 27.2 Å². The Hall–Kier alpha value is -2.15. The van der Waals surface area contributed by atoms with Crippen molar-refractivity contribution in [3.05, 3.63) is 47.7 Å². The molecule has 1 heterocycles. The Balaban J connectivity index is 2.14. The molecule has 0 unspecified atom stereocenters. The van der Waals surface area contributed by atoms with Gasteiger partial charge in [0.1, 0.15) is 0 Å². The van der Waals surface area contributed by atoms with Crippen molar-refractivity contribution in [2.24, 2.45) is 10.3 Å². The van der Waals surface area contributed by atoms with E-state index < -0.39 is 10.2 Å². The van der Waals surface area contributed by atoms with Gasteiger partial charge in [0, 0.05) is 19.3 Å². The molecule has 0 aliphatic carbocycles. The zero-order chi connectivity index (χ0) is 17.7. The van der Waals surface area contributed by atoms with E-state index in [-0.39, 0.29) is 18.2 Å². The quantitative estimate of drug-likeness (QED) is 0.852. The molecule has 24 heavy (non-hydrogen) atoms. The Morgan fingerprint density at radius 3 is 2.54 bits per heavy atom. The molecule has 0 saturated carbocycles. The molecule has 7 heteroatoms. The minimum atomic E-state index is -3.78. The van der Waals surface area contributed by atoms with Crippen LogP contribution < -0.4 is 5.32 Å². The van der Waals surface area contributed by atoms with Crippen LogP contribution in [-0.4, -0.2) is 37.4 Å². The molecule has 1 aromatic rings. The van der Waals surface area contributed by atoms with Gasteiger partial charge in [0.2, 0.25) is 0 Å². The van der Waals surface area contributed by atoms with Gasteiger partial charge in [0.05, 0.1) is 11.3 Å². The average Bonchev–Trinajstić information content (AvgIpc) is 2.52. The first kappa shape index (κ1) is 18.2. The second-order valence-corrected chi connectivity index (χ2v) is 7.69. The van der Waals surface area contributed by atoms with Crippen molar-refractivity contribution in [1.29, 1.82) is 0 Å². The van der Waals surface area contributed by atoms with Gasteiger partial charge in [-0.25, -0.2) is 0 Å². The first-order chi connectivity index (χ1) is 11.3. The summed E-state index contributed by atoms with van der Waals surface area (Å²) in [6.45, 7) is 6.29. The minimum Gasteiger partial charge on any atom is -0.352 e. The molecule has 0 spiro atoms. The maximum Gasteiger partial charge on any atom is 0.344 e. The van der Waals surface area contributed by atoms with E-state index in [4.69, 9.17) is 0 Å². The fourth-order valence-corrected chi connectivity index (χ4v) is 3.37. The Kier molecular flexibility index (Phi) is 5.77. The van der Waals surface area contributed by atoms with Gasteiger partial charge >= 0.3 is 10.2 Å². The molecule has 1 aliphatic heterocycles. The zero-order valence-corrected chi connectivity index (χ0v) is 15.0. The molecule has 130 valence electrons. The van der Waals surface area contributed by atoms with Crippen LogP contribution in [0.1, 0.15) is 26.3 Å². The predicted octanol–water partition coefficient (Wildman–Crippen LogP) is 1.91. The van der Waals surface area contributed by atoms with Crippen LogP contribution in [0.2, 0.25) is 0 Å². The molecule has 1 aromatic carbocycles. The number of nitrogens with zero attached hydrogens (tertiary/aromatic N) is 2. The molecule has 1 aliphatic rings. The van der Waals surface area contributed by atoms with Gasteiger partial charge in [-0.2, -0.15) is 8.42 Å². The van der Waals surface area contributed by atoms with Gasteiger partial charge in [-0.15, -0.1) is 4.40 Å². The molecule has 0 radical (unpaired) electrons. The summed E-state index contributed by atoms with van der Waals surface area (Å²) in [6.07, 6.45) is 1.93. The first-order valence-corrected chi connectivity index (χ1v) is 9.32. The molecule has 1 amide bonds. The summed E-state index contributed by atoms with van der Waals surface area (Å²) in [4.78, 5) is 12.3. The van der Waals surface area contributed by atoms with Crippen molar-refractivity contribution >= 4 is 21.8 Å². The highest BCUT2D eigenvalue weighted by Gasteiger charge is 2.27. The van der Waals surface area contributed by atoms with Gasteiger partial charge in [-0.3, -0.25) is 9.10 Å². The molecule has 0 bridgehead atoms. The number of carbonyl (C=O) groups excluding carboxylic acids is 1. The smallest absolute Gasteiger partial charge is 0.344 e. The van der Waals surface area contributed by atoms with Gasteiger partial charge < -0.3 is 5.32 Å². The summed E-state index contributed by atoms with van der Waals surface area (Å²) in [5, 5.41) is 2.79. The predicted molar refractivity (Wildman–Crippen MR) is 94.8 cm³/mol. The number of rotatable bonds is 6. The molecule has 0 fully saturated rings. The SMILES string of the molecule is CC1=NS(=O)(=O)N(CCc2ccccc2)C=C1C(=O)NCC(C)C. The van der Waals surface area contributed by atoms with E-state index in [1.165, 1.54) is 13.1 Å². The molecular weight excluding hydrogens is 326 g/mol. The van der Waals surface area contributed by atoms with Gasteiger partial charge in [0.25, 0.3) is 5.91 Å². The second-order valence-electron chi connectivity index (χ2n) is 6.15. The second kappa shape index (κ2) is 7.61. The maximum absolute atomic E-state index is 12.3. The molecule has 2 rings (SSSR count). The van der Waals surface area contributed by atoms with Crippen LogP contribution in [-0.2, 0) is 21.4 Å². The molecule has 0 atom stereocenters. The largest absolute Gasteiger partial charge is 0.352 e. The monoisotopic (exact) mass is 349 g/mol. The number of benzene rings is 1. The third-order valence-corrected chi connectivity index (χ3v) is 4.98. The lowest BCUT2D eigenvalue weighted by Crippen LogP contribution is -2.37. The highest BCUT2D eigenvalue weighted by Crippen LogP contribution is 2.17. The average molecular weight is 349 g/mol. The lowest BCUT2D eigenvalue weighted by Gasteiger charge is -2.23. The van der Waals surface area contributed by atoms with Crippen molar-refractivity contribution in [3.63, 3.8) is 0 Å². The van der Waals surface area contributed by atoms with E-state index in [1.807, 2.05) is 44.2 Å². The van der Waals surface area contributed by atoms with Crippen LogP contribution in [0.25, 0.3) is 0 Å². The number of hydrogen-bond acceptors (Lipinski definition) is 3. The molecule has 0 aromatic heterocycles. The summed E-state index contributed by atoms with van der Waals surface area (Å²) in [7, 11) is -3.78. The standard InChI is InChI=1S/C17H23N3O3S/c1-13(2)11-18-17(21)16-12-20(24(22,23)19-14(16)3)10-9-15-7-5-4-6-8-15/h4-8,12-13H,9-11H2,1-3H3,(H,18,21). The van der Waals surface area contributed by atoms with E-state index in [0.717, 1.165) is 9.87 Å².